The number of hydrogen-bond acceptors (Lipinski definition) is 3. The maximum Gasteiger partial charge on any atom is 0.316 e. The van der Waals surface area contributed by atoms with Crippen LogP contribution in [-0.4, -0.2) is 39.4 Å². The summed E-state index contributed by atoms with van der Waals surface area (Å²) in [4.78, 5) is 24.8. The number of rotatable bonds is 8. The predicted octanol–water partition coefficient (Wildman–Crippen LogP) is 2.63. The van der Waals surface area contributed by atoms with Crippen LogP contribution in [0.1, 0.15) is 25.8 Å². The molecule has 0 saturated heterocycles. The van der Waals surface area contributed by atoms with Gasteiger partial charge in [0.05, 0.1) is 5.75 Å². The van der Waals surface area contributed by atoms with Crippen molar-refractivity contribution in [1.82, 2.24) is 4.90 Å². The Morgan fingerprint density at radius 3 is 2.40 bits per heavy atom. The minimum atomic E-state index is -0.851. The molecule has 1 rings (SSSR count). The number of carboxylic acid groups (broad SMARTS) is 1. The molecule has 0 aromatic heterocycles. The normalized spacial score (nSPS) is 11.9. The van der Waals surface area contributed by atoms with Crippen molar-refractivity contribution in [2.45, 2.75) is 32.1 Å². The van der Waals surface area contributed by atoms with Crippen molar-refractivity contribution < 1.29 is 14.7 Å². The predicted molar refractivity (Wildman–Crippen MR) is 81.7 cm³/mol. The molecule has 0 radical (unpaired) electrons. The summed E-state index contributed by atoms with van der Waals surface area (Å²) in [6.07, 6.45) is 0.526. The molecule has 1 unspecified atom stereocenters. The summed E-state index contributed by atoms with van der Waals surface area (Å²) in [6.45, 7) is 4.94. The van der Waals surface area contributed by atoms with E-state index < -0.39 is 11.2 Å². The summed E-state index contributed by atoms with van der Waals surface area (Å²) < 4.78 is 0. The monoisotopic (exact) mass is 295 g/mol. The molecule has 110 valence electrons. The third-order valence-corrected chi connectivity index (χ3v) is 4.36. The number of nitrogens with zero attached hydrogens (tertiary/aromatic N) is 1. The van der Waals surface area contributed by atoms with E-state index in [1.54, 1.807) is 4.90 Å². The van der Waals surface area contributed by atoms with Crippen LogP contribution in [0.2, 0.25) is 0 Å². The highest BCUT2D eigenvalue weighted by molar-refractivity contribution is 8.01. The maximum atomic E-state index is 12.1. The van der Waals surface area contributed by atoms with Gasteiger partial charge < -0.3 is 10.0 Å². The zero-order valence-corrected chi connectivity index (χ0v) is 12.7. The molecular formula is C15H21NO3S. The summed E-state index contributed by atoms with van der Waals surface area (Å²) in [5, 5.41) is 8.47. The van der Waals surface area contributed by atoms with Gasteiger partial charge in [0.1, 0.15) is 5.25 Å². The van der Waals surface area contributed by atoms with Crippen LogP contribution in [0.5, 0.6) is 0 Å². The van der Waals surface area contributed by atoms with Crippen LogP contribution in [0.4, 0.5) is 0 Å². The summed E-state index contributed by atoms with van der Waals surface area (Å²) >= 11 is 1.20. The molecule has 20 heavy (non-hydrogen) atoms. The fourth-order valence-electron chi connectivity index (χ4n) is 1.81. The second kappa shape index (κ2) is 8.64. The van der Waals surface area contributed by atoms with E-state index in [1.165, 1.54) is 11.8 Å². The molecule has 1 aromatic rings. The number of thioether (sulfide) groups is 1. The van der Waals surface area contributed by atoms with Crippen molar-refractivity contribution in [1.29, 1.82) is 0 Å². The summed E-state index contributed by atoms with van der Waals surface area (Å²) in [5.74, 6) is -0.650. The van der Waals surface area contributed by atoms with E-state index in [1.807, 2.05) is 44.2 Å². The van der Waals surface area contributed by atoms with Crippen LogP contribution in [0.25, 0.3) is 0 Å². The summed E-state index contributed by atoms with van der Waals surface area (Å²) in [6, 6.07) is 9.79. The Balaban J connectivity index is 2.53. The van der Waals surface area contributed by atoms with Crippen LogP contribution < -0.4 is 0 Å². The van der Waals surface area contributed by atoms with Crippen LogP contribution in [0.3, 0.4) is 0 Å². The summed E-state index contributed by atoms with van der Waals surface area (Å²) in [5.41, 5.74) is 1.08. The molecule has 0 aliphatic rings. The lowest BCUT2D eigenvalue weighted by atomic mass is 10.2. The molecule has 0 aliphatic heterocycles. The van der Waals surface area contributed by atoms with Crippen LogP contribution in [0, 0.1) is 0 Å². The lowest BCUT2D eigenvalue weighted by molar-refractivity contribution is -0.136. The molecule has 0 spiro atoms. The van der Waals surface area contributed by atoms with Gasteiger partial charge in [-0.15, -0.1) is 11.8 Å². The number of aliphatic carboxylic acids is 1. The first-order valence-corrected chi connectivity index (χ1v) is 7.79. The van der Waals surface area contributed by atoms with E-state index in [-0.39, 0.29) is 11.7 Å². The molecule has 0 heterocycles. The van der Waals surface area contributed by atoms with E-state index in [0.29, 0.717) is 19.5 Å². The number of amides is 1. The van der Waals surface area contributed by atoms with Gasteiger partial charge in [-0.2, -0.15) is 0 Å². The van der Waals surface area contributed by atoms with Gasteiger partial charge in [-0.25, -0.2) is 0 Å². The highest BCUT2D eigenvalue weighted by atomic mass is 32.2. The van der Waals surface area contributed by atoms with E-state index in [2.05, 4.69) is 0 Å². The average molecular weight is 295 g/mol. The first-order chi connectivity index (χ1) is 9.58. The molecule has 0 bridgehead atoms. The van der Waals surface area contributed by atoms with E-state index in [4.69, 9.17) is 5.11 Å². The number of carboxylic acids is 1. The number of benzene rings is 1. The highest BCUT2D eigenvalue weighted by Gasteiger charge is 2.19. The molecule has 5 heteroatoms. The van der Waals surface area contributed by atoms with Crippen LogP contribution in [0.15, 0.2) is 30.3 Å². The van der Waals surface area contributed by atoms with Gasteiger partial charge >= 0.3 is 5.97 Å². The number of hydrogen-bond donors (Lipinski definition) is 1. The van der Waals surface area contributed by atoms with Crippen molar-refractivity contribution in [3.8, 4) is 0 Å². The molecule has 1 amide bonds. The maximum absolute atomic E-state index is 12.1. The van der Waals surface area contributed by atoms with Crippen molar-refractivity contribution in [3.05, 3.63) is 35.9 Å². The fraction of sp³-hybridized carbons (Fsp3) is 0.467. The SMILES string of the molecule is CCC(SCC(=O)N(CC)Cc1ccccc1)C(=O)O. The third-order valence-electron chi connectivity index (χ3n) is 3.00. The smallest absolute Gasteiger partial charge is 0.316 e. The van der Waals surface area contributed by atoms with Crippen molar-refractivity contribution in [3.63, 3.8) is 0 Å². The van der Waals surface area contributed by atoms with Gasteiger partial charge in [0.25, 0.3) is 0 Å². The minimum Gasteiger partial charge on any atom is -0.480 e. The number of carbonyl (C=O) groups excluding carboxylic acids is 1. The molecule has 4 nitrogen and oxygen atoms in total. The Morgan fingerprint density at radius 2 is 1.90 bits per heavy atom. The molecule has 0 fully saturated rings. The third kappa shape index (κ3) is 5.25. The molecule has 1 aromatic carbocycles. The second-order valence-corrected chi connectivity index (χ2v) is 5.63. The Labute approximate surface area is 124 Å². The molecule has 1 N–H and O–H groups in total. The van der Waals surface area contributed by atoms with Gasteiger partial charge in [-0.05, 0) is 18.9 Å². The van der Waals surface area contributed by atoms with Crippen molar-refractivity contribution in [2.24, 2.45) is 0 Å². The van der Waals surface area contributed by atoms with Crippen molar-refractivity contribution in [2.75, 3.05) is 12.3 Å². The van der Waals surface area contributed by atoms with Gasteiger partial charge in [0.2, 0.25) is 5.91 Å². The molecule has 0 aliphatic carbocycles. The van der Waals surface area contributed by atoms with Crippen molar-refractivity contribution >= 4 is 23.6 Å². The topological polar surface area (TPSA) is 57.6 Å². The fourth-order valence-corrected chi connectivity index (χ4v) is 2.71. The van der Waals surface area contributed by atoms with Gasteiger partial charge in [0.15, 0.2) is 0 Å². The Kier molecular flexibility index (Phi) is 7.15. The van der Waals surface area contributed by atoms with Gasteiger partial charge in [-0.3, -0.25) is 9.59 Å². The highest BCUT2D eigenvalue weighted by Crippen LogP contribution is 2.16. The zero-order valence-electron chi connectivity index (χ0n) is 11.9. The van der Waals surface area contributed by atoms with Gasteiger partial charge in [0, 0.05) is 13.1 Å². The quantitative estimate of drug-likeness (QED) is 0.801. The minimum absolute atomic E-state index is 0.0129. The molecular weight excluding hydrogens is 274 g/mol. The first-order valence-electron chi connectivity index (χ1n) is 6.74. The second-order valence-electron chi connectivity index (χ2n) is 4.44. The average Bonchev–Trinajstić information content (AvgIpc) is 2.45. The number of carbonyl (C=O) groups is 2. The first kappa shape index (κ1) is 16.6. The van der Waals surface area contributed by atoms with E-state index >= 15 is 0 Å². The zero-order chi connectivity index (χ0) is 15.0. The van der Waals surface area contributed by atoms with Crippen LogP contribution >= 0.6 is 11.8 Å². The largest absolute Gasteiger partial charge is 0.480 e. The molecule has 0 saturated carbocycles. The standard InChI is InChI=1S/C15H21NO3S/c1-3-13(15(18)19)20-11-14(17)16(4-2)10-12-8-6-5-7-9-12/h5-9,13H,3-4,10-11H2,1-2H3,(H,18,19). The summed E-state index contributed by atoms with van der Waals surface area (Å²) in [7, 11) is 0. The Hall–Kier alpha value is -1.49. The lowest BCUT2D eigenvalue weighted by Gasteiger charge is -2.21. The Bertz CT molecular complexity index is 436. The van der Waals surface area contributed by atoms with E-state index in [0.717, 1.165) is 5.56 Å². The van der Waals surface area contributed by atoms with Crippen LogP contribution in [-0.2, 0) is 16.1 Å². The van der Waals surface area contributed by atoms with E-state index in [9.17, 15) is 9.59 Å². The van der Waals surface area contributed by atoms with Gasteiger partial charge in [-0.1, -0.05) is 37.3 Å². The Morgan fingerprint density at radius 1 is 1.25 bits per heavy atom. The lowest BCUT2D eigenvalue weighted by Crippen LogP contribution is -2.32. The molecule has 1 atom stereocenters.